The van der Waals surface area contributed by atoms with Gasteiger partial charge < -0.3 is 10.5 Å². The van der Waals surface area contributed by atoms with Gasteiger partial charge in [0.25, 0.3) is 0 Å². The van der Waals surface area contributed by atoms with Crippen LogP contribution < -0.4 is 5.73 Å². The maximum atomic E-state index is 11.6. The lowest BCUT2D eigenvalue weighted by Gasteiger charge is -2.22. The fourth-order valence-electron chi connectivity index (χ4n) is 1.09. The molecule has 90 valence electrons. The fourth-order valence-corrected chi connectivity index (χ4v) is 1.54. The molecular formula is C10H16IN3O2. The van der Waals surface area contributed by atoms with E-state index in [-0.39, 0.29) is 0 Å². The van der Waals surface area contributed by atoms with Gasteiger partial charge in [0.1, 0.15) is 11.6 Å². The summed E-state index contributed by atoms with van der Waals surface area (Å²) < 4.78 is 7.82. The van der Waals surface area contributed by atoms with Crippen LogP contribution in [0.5, 0.6) is 0 Å². The molecule has 1 rings (SSSR count). The van der Waals surface area contributed by atoms with Crippen molar-refractivity contribution in [1.82, 2.24) is 9.78 Å². The highest BCUT2D eigenvalue weighted by Crippen LogP contribution is 2.09. The Labute approximate surface area is 108 Å². The first-order valence-corrected chi connectivity index (χ1v) is 6.02. The molecule has 1 atom stereocenters. The molecule has 0 radical (unpaired) electrons. The topological polar surface area (TPSA) is 70.1 Å². The van der Waals surface area contributed by atoms with Crippen LogP contribution in [0.1, 0.15) is 20.8 Å². The van der Waals surface area contributed by atoms with E-state index in [1.165, 1.54) is 0 Å². The van der Waals surface area contributed by atoms with Crippen LogP contribution in [0.3, 0.4) is 0 Å². The molecule has 0 spiro atoms. The van der Waals surface area contributed by atoms with E-state index < -0.39 is 17.6 Å². The molecule has 5 nitrogen and oxygen atoms in total. The van der Waals surface area contributed by atoms with Crippen molar-refractivity contribution in [3.63, 3.8) is 0 Å². The molecule has 0 aliphatic rings. The van der Waals surface area contributed by atoms with E-state index in [4.69, 9.17) is 10.5 Å². The van der Waals surface area contributed by atoms with Gasteiger partial charge in [0.15, 0.2) is 0 Å². The first kappa shape index (κ1) is 13.4. The number of nitrogens with two attached hydrogens (primary N) is 1. The molecular weight excluding hydrogens is 321 g/mol. The number of ether oxygens (including phenoxy) is 1. The Hall–Kier alpha value is -0.630. The predicted octanol–water partition coefficient (Wildman–Crippen LogP) is 1.16. The monoisotopic (exact) mass is 337 g/mol. The summed E-state index contributed by atoms with van der Waals surface area (Å²) in [5.74, 6) is -0.405. The van der Waals surface area contributed by atoms with Gasteiger partial charge in [0.2, 0.25) is 0 Å². The van der Waals surface area contributed by atoms with Crippen molar-refractivity contribution in [1.29, 1.82) is 0 Å². The van der Waals surface area contributed by atoms with E-state index in [9.17, 15) is 4.79 Å². The van der Waals surface area contributed by atoms with E-state index in [1.807, 2.05) is 27.0 Å². The van der Waals surface area contributed by atoms with Gasteiger partial charge in [-0.3, -0.25) is 9.48 Å². The molecule has 6 heteroatoms. The lowest BCUT2D eigenvalue weighted by molar-refractivity contribution is -0.156. The van der Waals surface area contributed by atoms with Gasteiger partial charge in [-0.1, -0.05) is 0 Å². The van der Waals surface area contributed by atoms with E-state index in [1.54, 1.807) is 10.9 Å². The molecule has 0 aliphatic carbocycles. The SMILES string of the molecule is CC(C)(C)OC(=O)C(N)Cn1cc(I)cn1. The highest BCUT2D eigenvalue weighted by atomic mass is 127. The maximum Gasteiger partial charge on any atom is 0.325 e. The minimum atomic E-state index is -0.685. The first-order chi connectivity index (χ1) is 7.28. The lowest BCUT2D eigenvalue weighted by atomic mass is 10.2. The van der Waals surface area contributed by atoms with Gasteiger partial charge >= 0.3 is 5.97 Å². The zero-order valence-corrected chi connectivity index (χ0v) is 11.8. The third kappa shape index (κ3) is 4.48. The van der Waals surface area contributed by atoms with E-state index in [0.717, 1.165) is 3.57 Å². The second-order valence-electron chi connectivity index (χ2n) is 4.52. The Balaban J connectivity index is 2.52. The first-order valence-electron chi connectivity index (χ1n) is 4.94. The molecule has 1 aromatic heterocycles. The number of rotatable bonds is 3. The second kappa shape index (κ2) is 5.13. The predicted molar refractivity (Wildman–Crippen MR) is 68.8 cm³/mol. The minimum Gasteiger partial charge on any atom is -0.459 e. The number of esters is 1. The summed E-state index contributed by atoms with van der Waals surface area (Å²) in [5, 5.41) is 4.06. The van der Waals surface area contributed by atoms with E-state index in [0.29, 0.717) is 6.54 Å². The molecule has 0 saturated heterocycles. The number of carbonyl (C=O) groups excluding carboxylic acids is 1. The molecule has 1 unspecified atom stereocenters. The number of nitrogens with zero attached hydrogens (tertiary/aromatic N) is 2. The molecule has 0 bridgehead atoms. The third-order valence-electron chi connectivity index (χ3n) is 1.70. The zero-order valence-electron chi connectivity index (χ0n) is 9.61. The number of carbonyl (C=O) groups is 1. The molecule has 0 aromatic carbocycles. The molecule has 1 heterocycles. The van der Waals surface area contributed by atoms with Gasteiger partial charge in [-0.15, -0.1) is 0 Å². The van der Waals surface area contributed by atoms with E-state index >= 15 is 0 Å². The summed E-state index contributed by atoms with van der Waals surface area (Å²) in [7, 11) is 0. The summed E-state index contributed by atoms with van der Waals surface area (Å²) in [4.78, 5) is 11.6. The van der Waals surface area contributed by atoms with Crippen molar-refractivity contribution in [2.24, 2.45) is 5.73 Å². The fraction of sp³-hybridized carbons (Fsp3) is 0.600. The number of hydrogen-bond acceptors (Lipinski definition) is 4. The number of aromatic nitrogens is 2. The highest BCUT2D eigenvalue weighted by Gasteiger charge is 2.22. The van der Waals surface area contributed by atoms with Crippen LogP contribution in [0.4, 0.5) is 0 Å². The minimum absolute atomic E-state index is 0.331. The van der Waals surface area contributed by atoms with Crippen LogP contribution >= 0.6 is 22.6 Å². The van der Waals surface area contributed by atoms with Gasteiger partial charge in [-0.25, -0.2) is 0 Å². The Morgan fingerprint density at radius 3 is 2.75 bits per heavy atom. The van der Waals surface area contributed by atoms with Gasteiger partial charge in [-0.2, -0.15) is 5.10 Å². The Bertz CT molecular complexity index is 370. The number of hydrogen-bond donors (Lipinski definition) is 1. The molecule has 0 aliphatic heterocycles. The molecule has 16 heavy (non-hydrogen) atoms. The molecule has 1 aromatic rings. The Morgan fingerprint density at radius 2 is 2.31 bits per heavy atom. The summed E-state index contributed by atoms with van der Waals surface area (Å²) in [6, 6.07) is -0.685. The summed E-state index contributed by atoms with van der Waals surface area (Å²) in [6.07, 6.45) is 3.53. The maximum absolute atomic E-state index is 11.6. The van der Waals surface area contributed by atoms with Crippen LogP contribution in [-0.4, -0.2) is 27.4 Å². The smallest absolute Gasteiger partial charge is 0.325 e. The normalized spacial score (nSPS) is 13.6. The molecule has 2 N–H and O–H groups in total. The number of halogens is 1. The lowest BCUT2D eigenvalue weighted by Crippen LogP contribution is -2.40. The van der Waals surface area contributed by atoms with Crippen molar-refractivity contribution < 1.29 is 9.53 Å². The zero-order chi connectivity index (χ0) is 12.3. The Morgan fingerprint density at radius 1 is 1.69 bits per heavy atom. The van der Waals surface area contributed by atoms with Crippen LogP contribution in [0.25, 0.3) is 0 Å². The molecule has 0 fully saturated rings. The van der Waals surface area contributed by atoms with Crippen molar-refractivity contribution in [2.45, 2.75) is 39.0 Å². The average Bonchev–Trinajstić information content (AvgIpc) is 2.48. The third-order valence-corrected chi connectivity index (χ3v) is 2.25. The summed E-state index contributed by atoms with van der Waals surface area (Å²) in [6.45, 7) is 5.77. The second-order valence-corrected chi connectivity index (χ2v) is 5.77. The summed E-state index contributed by atoms with van der Waals surface area (Å²) >= 11 is 2.15. The van der Waals surface area contributed by atoms with Crippen molar-refractivity contribution in [3.8, 4) is 0 Å². The molecule has 0 amide bonds. The van der Waals surface area contributed by atoms with Crippen molar-refractivity contribution in [3.05, 3.63) is 16.0 Å². The van der Waals surface area contributed by atoms with Crippen LogP contribution in [0.15, 0.2) is 12.4 Å². The van der Waals surface area contributed by atoms with Crippen molar-refractivity contribution in [2.75, 3.05) is 0 Å². The standard InChI is InChI=1S/C10H16IN3O2/c1-10(2,3)16-9(15)8(12)6-14-5-7(11)4-13-14/h4-5,8H,6,12H2,1-3H3. The van der Waals surface area contributed by atoms with Crippen LogP contribution in [0, 0.1) is 3.57 Å². The van der Waals surface area contributed by atoms with Crippen LogP contribution in [0.2, 0.25) is 0 Å². The Kier molecular flexibility index (Phi) is 4.31. The van der Waals surface area contributed by atoms with Crippen LogP contribution in [-0.2, 0) is 16.1 Å². The summed E-state index contributed by atoms with van der Waals surface area (Å²) in [5.41, 5.74) is 5.22. The average molecular weight is 337 g/mol. The quantitative estimate of drug-likeness (QED) is 0.664. The molecule has 0 saturated carbocycles. The van der Waals surface area contributed by atoms with E-state index in [2.05, 4.69) is 27.7 Å². The van der Waals surface area contributed by atoms with Gasteiger partial charge in [-0.05, 0) is 43.4 Å². The largest absolute Gasteiger partial charge is 0.459 e. The van der Waals surface area contributed by atoms with Gasteiger partial charge in [0, 0.05) is 6.20 Å². The van der Waals surface area contributed by atoms with Crippen molar-refractivity contribution >= 4 is 28.6 Å². The highest BCUT2D eigenvalue weighted by molar-refractivity contribution is 14.1. The van der Waals surface area contributed by atoms with Gasteiger partial charge in [0.05, 0.1) is 16.3 Å².